The highest BCUT2D eigenvalue weighted by molar-refractivity contribution is 5.98. The van der Waals surface area contributed by atoms with E-state index in [1.807, 2.05) is 11.5 Å². The molecule has 2 aromatic rings. The van der Waals surface area contributed by atoms with E-state index in [1.54, 1.807) is 24.3 Å². The highest BCUT2D eigenvalue weighted by Gasteiger charge is 2.43. The van der Waals surface area contributed by atoms with Crippen LogP contribution in [0.4, 0.5) is 15.9 Å². The molecule has 0 spiro atoms. The summed E-state index contributed by atoms with van der Waals surface area (Å²) in [7, 11) is 1.75. The Morgan fingerprint density at radius 3 is 2.93 bits per heavy atom. The maximum atomic E-state index is 13.3. The van der Waals surface area contributed by atoms with Gasteiger partial charge in [-0.2, -0.15) is 5.10 Å². The van der Waals surface area contributed by atoms with Gasteiger partial charge in [0, 0.05) is 25.9 Å². The first-order valence-electron chi connectivity index (χ1n) is 10.1. The first kappa shape index (κ1) is 20.3. The number of nitrogens with zero attached hydrogens (tertiary/aromatic N) is 5. The summed E-state index contributed by atoms with van der Waals surface area (Å²) in [4.78, 5) is 21.6. The van der Waals surface area contributed by atoms with Crippen LogP contribution in [-0.4, -0.2) is 51.6 Å². The average Bonchev–Trinajstić information content (AvgIpc) is 3.38. The van der Waals surface area contributed by atoms with Crippen LogP contribution in [0, 0.1) is 12.8 Å². The van der Waals surface area contributed by atoms with E-state index >= 15 is 0 Å². The Morgan fingerprint density at radius 1 is 1.47 bits per heavy atom. The number of alkyl halides is 1. The SMILES string of the molecule is C=CN(C)/N=C\Nc1cc(NC(=O)[C@H]2C[C@H]2F)nc2c1nc(C)n2C1CCCCO1. The molecule has 1 amide bonds. The summed E-state index contributed by atoms with van der Waals surface area (Å²) in [5.41, 5.74) is 1.86. The van der Waals surface area contributed by atoms with Gasteiger partial charge in [0.2, 0.25) is 5.91 Å². The molecule has 1 aliphatic carbocycles. The number of fused-ring (bicyclic) bond motifs is 1. The number of carbonyl (C=O) groups is 1. The molecule has 2 N–H and O–H groups in total. The van der Waals surface area contributed by atoms with Crippen molar-refractivity contribution in [3.63, 3.8) is 0 Å². The Kier molecular flexibility index (Phi) is 5.67. The highest BCUT2D eigenvalue weighted by Crippen LogP contribution is 2.36. The Hall–Kier alpha value is -3.01. The zero-order chi connectivity index (χ0) is 21.3. The fourth-order valence-corrected chi connectivity index (χ4v) is 3.51. The van der Waals surface area contributed by atoms with E-state index in [0.29, 0.717) is 29.3 Å². The Bertz CT molecular complexity index is 983. The van der Waals surface area contributed by atoms with Crippen molar-refractivity contribution in [3.8, 4) is 0 Å². The van der Waals surface area contributed by atoms with E-state index in [-0.39, 0.29) is 18.6 Å². The van der Waals surface area contributed by atoms with Crippen LogP contribution in [0.1, 0.15) is 37.7 Å². The van der Waals surface area contributed by atoms with Crippen molar-refractivity contribution in [3.05, 3.63) is 24.7 Å². The van der Waals surface area contributed by atoms with E-state index < -0.39 is 12.1 Å². The zero-order valence-corrected chi connectivity index (χ0v) is 17.1. The molecule has 10 heteroatoms. The third-order valence-electron chi connectivity index (χ3n) is 5.29. The summed E-state index contributed by atoms with van der Waals surface area (Å²) in [6.07, 6.45) is 5.05. The number of aromatic nitrogens is 3. The number of ether oxygens (including phenoxy) is 1. The fourth-order valence-electron chi connectivity index (χ4n) is 3.51. The quantitative estimate of drug-likeness (QED) is 0.410. The van der Waals surface area contributed by atoms with E-state index in [4.69, 9.17) is 4.74 Å². The van der Waals surface area contributed by atoms with Crippen LogP contribution in [0.3, 0.4) is 0 Å². The van der Waals surface area contributed by atoms with Crippen LogP contribution in [-0.2, 0) is 9.53 Å². The summed E-state index contributed by atoms with van der Waals surface area (Å²) >= 11 is 0. The number of anilines is 2. The van der Waals surface area contributed by atoms with Gasteiger partial charge in [0.05, 0.1) is 11.6 Å². The predicted molar refractivity (Wildman–Crippen MR) is 113 cm³/mol. The van der Waals surface area contributed by atoms with Gasteiger partial charge in [-0.1, -0.05) is 6.58 Å². The van der Waals surface area contributed by atoms with Crippen molar-refractivity contribution in [2.24, 2.45) is 11.0 Å². The monoisotopic (exact) mass is 415 g/mol. The maximum Gasteiger partial charge on any atom is 0.231 e. The predicted octanol–water partition coefficient (Wildman–Crippen LogP) is 3.17. The summed E-state index contributed by atoms with van der Waals surface area (Å²) in [6.45, 7) is 6.23. The van der Waals surface area contributed by atoms with Gasteiger partial charge in [0.1, 0.15) is 35.9 Å². The van der Waals surface area contributed by atoms with Gasteiger partial charge in [-0.25, -0.2) is 14.4 Å². The van der Waals surface area contributed by atoms with Crippen LogP contribution in [0.5, 0.6) is 0 Å². The van der Waals surface area contributed by atoms with Gasteiger partial charge in [-0.15, -0.1) is 0 Å². The Labute approximate surface area is 174 Å². The van der Waals surface area contributed by atoms with Crippen molar-refractivity contribution in [2.75, 3.05) is 24.3 Å². The maximum absolute atomic E-state index is 13.3. The topological polar surface area (TPSA) is 96.7 Å². The second-order valence-electron chi connectivity index (χ2n) is 7.57. The third kappa shape index (κ3) is 4.13. The number of imidazole rings is 1. The van der Waals surface area contributed by atoms with Gasteiger partial charge in [-0.3, -0.25) is 14.4 Å². The number of aryl methyl sites for hydroxylation is 1. The number of hydrogen-bond acceptors (Lipinski definition) is 6. The standard InChI is InChI=1S/C20H26FN7O2/c1-4-27(3)23-11-22-15-10-16(26-20(29)13-9-14(13)21)25-19-18(15)24-12(2)28(19)17-7-5-6-8-30-17/h4,10-11,13-14,17H,1,5-9H2,2-3H3,(H2,22,23,25,26,29)/t13-,14+,17?/m0/s1. The van der Waals surface area contributed by atoms with Gasteiger partial charge < -0.3 is 15.4 Å². The number of rotatable bonds is 7. The number of hydrazone groups is 1. The molecular weight excluding hydrogens is 389 g/mol. The molecule has 4 rings (SSSR count). The number of pyridine rings is 1. The molecule has 3 heterocycles. The summed E-state index contributed by atoms with van der Waals surface area (Å²) < 4.78 is 21.2. The second-order valence-corrected chi connectivity index (χ2v) is 7.57. The van der Waals surface area contributed by atoms with Crippen molar-refractivity contribution in [1.29, 1.82) is 0 Å². The molecule has 1 saturated carbocycles. The minimum Gasteiger partial charge on any atom is -0.358 e. The van der Waals surface area contributed by atoms with Crippen molar-refractivity contribution in [2.45, 2.75) is 45.0 Å². The summed E-state index contributed by atoms with van der Waals surface area (Å²) in [6, 6.07) is 1.67. The molecule has 9 nitrogen and oxygen atoms in total. The molecule has 2 aromatic heterocycles. The van der Waals surface area contributed by atoms with Crippen LogP contribution in [0.25, 0.3) is 11.2 Å². The molecular formula is C20H26FN7O2. The molecule has 0 aromatic carbocycles. The number of hydrogen-bond donors (Lipinski definition) is 2. The van der Waals surface area contributed by atoms with Crippen molar-refractivity contribution in [1.82, 2.24) is 19.5 Å². The molecule has 2 fully saturated rings. The van der Waals surface area contributed by atoms with E-state index in [0.717, 1.165) is 25.1 Å². The Balaban J connectivity index is 1.72. The first-order valence-corrected chi connectivity index (χ1v) is 10.1. The smallest absolute Gasteiger partial charge is 0.231 e. The molecule has 160 valence electrons. The lowest BCUT2D eigenvalue weighted by molar-refractivity contribution is -0.117. The lowest BCUT2D eigenvalue weighted by Crippen LogP contribution is -2.20. The van der Waals surface area contributed by atoms with Crippen LogP contribution in [0.2, 0.25) is 0 Å². The number of amides is 1. The summed E-state index contributed by atoms with van der Waals surface area (Å²) in [5.74, 6) is 0.130. The van der Waals surface area contributed by atoms with E-state index in [9.17, 15) is 9.18 Å². The lowest BCUT2D eigenvalue weighted by Gasteiger charge is -2.25. The zero-order valence-electron chi connectivity index (χ0n) is 17.1. The summed E-state index contributed by atoms with van der Waals surface area (Å²) in [5, 5.41) is 11.5. The minimum absolute atomic E-state index is 0.158. The largest absolute Gasteiger partial charge is 0.358 e. The van der Waals surface area contributed by atoms with Gasteiger partial charge in [0.25, 0.3) is 0 Å². The molecule has 30 heavy (non-hydrogen) atoms. The lowest BCUT2D eigenvalue weighted by atomic mass is 10.2. The number of carbonyl (C=O) groups excluding carboxylic acids is 1. The van der Waals surface area contributed by atoms with E-state index in [2.05, 4.69) is 32.3 Å². The molecule has 3 atom stereocenters. The second kappa shape index (κ2) is 8.39. The van der Waals surface area contributed by atoms with Crippen LogP contribution < -0.4 is 10.6 Å². The molecule has 0 radical (unpaired) electrons. The Morgan fingerprint density at radius 2 is 2.27 bits per heavy atom. The average molecular weight is 415 g/mol. The normalized spacial score (nSPS) is 23.5. The van der Waals surface area contributed by atoms with Gasteiger partial charge in [0.15, 0.2) is 5.65 Å². The van der Waals surface area contributed by atoms with Crippen molar-refractivity contribution >= 4 is 34.9 Å². The molecule has 1 saturated heterocycles. The molecule has 2 aliphatic rings. The van der Waals surface area contributed by atoms with Gasteiger partial charge in [-0.05, 0) is 32.6 Å². The minimum atomic E-state index is -1.07. The molecule has 0 bridgehead atoms. The van der Waals surface area contributed by atoms with Crippen LogP contribution >= 0.6 is 0 Å². The van der Waals surface area contributed by atoms with E-state index in [1.165, 1.54) is 6.34 Å². The molecule has 1 aliphatic heterocycles. The fraction of sp³-hybridized carbons (Fsp3) is 0.500. The third-order valence-corrected chi connectivity index (χ3v) is 5.29. The molecule has 1 unspecified atom stereocenters. The van der Waals surface area contributed by atoms with Gasteiger partial charge >= 0.3 is 0 Å². The highest BCUT2D eigenvalue weighted by atomic mass is 19.1. The number of nitrogens with one attached hydrogen (secondary N) is 2. The first-order chi connectivity index (χ1) is 14.5. The number of halogens is 1. The van der Waals surface area contributed by atoms with Crippen LogP contribution in [0.15, 0.2) is 23.9 Å². The van der Waals surface area contributed by atoms with Crippen molar-refractivity contribution < 1.29 is 13.9 Å².